The number of aliphatic carboxylic acids is 1. The third-order valence-corrected chi connectivity index (χ3v) is 7.85. The molecule has 1 aliphatic heterocycles. The Balaban J connectivity index is 1.77. The molecular weight excluding hydrogens is 482 g/mol. The molecule has 38 heavy (non-hydrogen) atoms. The molecule has 2 heterocycles. The minimum Gasteiger partial charge on any atom is -0.481 e. The van der Waals surface area contributed by atoms with E-state index in [1.54, 1.807) is 21.0 Å². The van der Waals surface area contributed by atoms with Crippen LogP contribution in [0.25, 0.3) is 0 Å². The Kier molecular flexibility index (Phi) is 8.31. The normalized spacial score (nSPS) is 23.8. The summed E-state index contributed by atoms with van der Waals surface area (Å²) in [6.07, 6.45) is 4.47. The highest BCUT2D eigenvalue weighted by molar-refractivity contribution is 5.82. The van der Waals surface area contributed by atoms with Crippen molar-refractivity contribution in [2.45, 2.75) is 90.6 Å². The van der Waals surface area contributed by atoms with Crippen LogP contribution in [0, 0.1) is 11.3 Å². The molecule has 4 atom stereocenters. The van der Waals surface area contributed by atoms with Crippen LogP contribution in [0.5, 0.6) is 5.88 Å². The molecule has 0 spiro atoms. The maximum absolute atomic E-state index is 13.5. The molecule has 4 rings (SSSR count). The van der Waals surface area contributed by atoms with E-state index in [4.69, 9.17) is 9.47 Å². The van der Waals surface area contributed by atoms with Crippen molar-refractivity contribution in [3.05, 3.63) is 59.3 Å². The second-order valence-electron chi connectivity index (χ2n) is 11.8. The van der Waals surface area contributed by atoms with Gasteiger partial charge in [-0.3, -0.25) is 4.90 Å². The number of rotatable bonds is 8. The highest BCUT2D eigenvalue weighted by Crippen LogP contribution is 2.48. The van der Waals surface area contributed by atoms with Gasteiger partial charge in [0.1, 0.15) is 6.04 Å². The molecule has 1 aromatic carbocycles. The standard InChI is InChI=1S/C30H41N3O5/c1-18(2)38-29(36)33-25(20-11-8-7-9-12-20)24(23(30(3,4)5)26(33)28(34)35)31-17-22-15-21(19-13-10-14-19)16-32-27(22)37-6/h7-9,11-12,15-16,18-19,23-26,31H,10,13-14,17H2,1-6H3,(H,34,35)/t23-,24-,25-,26-/m0/s1. The molecule has 1 saturated heterocycles. The van der Waals surface area contributed by atoms with Gasteiger partial charge in [-0.05, 0) is 55.2 Å². The zero-order valence-corrected chi connectivity index (χ0v) is 23.3. The average Bonchev–Trinajstić information content (AvgIpc) is 3.18. The SMILES string of the molecule is COc1ncc(C2CCC2)cc1CN[C@H]1[C@H](C(C)(C)C)[C@@H](C(=O)O)N(C(=O)OC(C)C)[C@H]1c1ccccc1. The molecule has 8 nitrogen and oxygen atoms in total. The molecule has 2 fully saturated rings. The number of hydrogen-bond donors (Lipinski definition) is 2. The second-order valence-corrected chi connectivity index (χ2v) is 11.8. The van der Waals surface area contributed by atoms with Crippen molar-refractivity contribution in [2.75, 3.05) is 7.11 Å². The lowest BCUT2D eigenvalue weighted by Gasteiger charge is -2.35. The lowest BCUT2D eigenvalue weighted by Crippen LogP contribution is -2.48. The molecule has 1 saturated carbocycles. The smallest absolute Gasteiger partial charge is 0.411 e. The third kappa shape index (κ3) is 5.65. The van der Waals surface area contributed by atoms with E-state index in [1.807, 2.05) is 57.3 Å². The van der Waals surface area contributed by atoms with E-state index in [0.29, 0.717) is 18.3 Å². The molecule has 1 aliphatic carbocycles. The van der Waals surface area contributed by atoms with Crippen molar-refractivity contribution < 1.29 is 24.2 Å². The number of carboxylic acid groups (broad SMARTS) is 1. The number of likely N-dealkylation sites (tertiary alicyclic amines) is 1. The van der Waals surface area contributed by atoms with Crippen LogP contribution < -0.4 is 10.1 Å². The van der Waals surface area contributed by atoms with Crippen molar-refractivity contribution in [3.8, 4) is 5.88 Å². The summed E-state index contributed by atoms with van der Waals surface area (Å²) in [4.78, 5) is 32.3. The number of pyridine rings is 1. The topological polar surface area (TPSA) is 101 Å². The fourth-order valence-electron chi connectivity index (χ4n) is 5.96. The minimum atomic E-state index is -1.06. The first-order chi connectivity index (χ1) is 18.0. The molecule has 0 unspecified atom stereocenters. The fraction of sp³-hybridized carbons (Fsp3) is 0.567. The second kappa shape index (κ2) is 11.3. The van der Waals surface area contributed by atoms with Crippen molar-refractivity contribution in [1.82, 2.24) is 15.2 Å². The summed E-state index contributed by atoms with van der Waals surface area (Å²) in [6.45, 7) is 10.1. The van der Waals surface area contributed by atoms with Gasteiger partial charge in [0, 0.05) is 30.3 Å². The van der Waals surface area contributed by atoms with Gasteiger partial charge in [-0.15, -0.1) is 0 Å². The number of hydrogen-bond acceptors (Lipinski definition) is 6. The summed E-state index contributed by atoms with van der Waals surface area (Å²) in [5, 5.41) is 14.1. The van der Waals surface area contributed by atoms with Crippen LogP contribution in [0.1, 0.15) is 82.5 Å². The lowest BCUT2D eigenvalue weighted by atomic mass is 9.72. The number of aromatic nitrogens is 1. The van der Waals surface area contributed by atoms with Gasteiger partial charge in [0.2, 0.25) is 5.88 Å². The maximum atomic E-state index is 13.5. The van der Waals surface area contributed by atoms with Crippen LogP contribution >= 0.6 is 0 Å². The van der Waals surface area contributed by atoms with Gasteiger partial charge < -0.3 is 19.9 Å². The molecule has 1 aromatic heterocycles. The van der Waals surface area contributed by atoms with Gasteiger partial charge in [-0.2, -0.15) is 0 Å². The van der Waals surface area contributed by atoms with Gasteiger partial charge >= 0.3 is 12.1 Å². The Morgan fingerprint density at radius 1 is 1.16 bits per heavy atom. The molecule has 1 amide bonds. The highest BCUT2D eigenvalue weighted by Gasteiger charge is 2.58. The molecule has 0 radical (unpaired) electrons. The summed E-state index contributed by atoms with van der Waals surface area (Å²) in [5.41, 5.74) is 2.55. The Bertz CT molecular complexity index is 1130. The van der Waals surface area contributed by atoms with Gasteiger partial charge in [-0.1, -0.05) is 57.5 Å². The fourth-order valence-corrected chi connectivity index (χ4v) is 5.96. The van der Waals surface area contributed by atoms with Crippen LogP contribution in [0.2, 0.25) is 0 Å². The van der Waals surface area contributed by atoms with E-state index < -0.39 is 35.5 Å². The number of methoxy groups -OCH3 is 1. The molecule has 2 aromatic rings. The van der Waals surface area contributed by atoms with Crippen LogP contribution in [0.3, 0.4) is 0 Å². The van der Waals surface area contributed by atoms with Crippen LogP contribution in [0.4, 0.5) is 4.79 Å². The number of carbonyl (C=O) groups is 2. The predicted molar refractivity (Wildman–Crippen MR) is 145 cm³/mol. The molecule has 206 valence electrons. The number of nitrogens with one attached hydrogen (secondary N) is 1. The lowest BCUT2D eigenvalue weighted by molar-refractivity contribution is -0.144. The first-order valence-corrected chi connectivity index (χ1v) is 13.6. The Hall–Kier alpha value is -3.13. The van der Waals surface area contributed by atoms with E-state index in [0.717, 1.165) is 11.1 Å². The number of benzene rings is 1. The van der Waals surface area contributed by atoms with Gasteiger partial charge in [-0.25, -0.2) is 14.6 Å². The predicted octanol–water partition coefficient (Wildman–Crippen LogP) is 5.53. The molecule has 0 bridgehead atoms. The quantitative estimate of drug-likeness (QED) is 0.469. The van der Waals surface area contributed by atoms with Gasteiger partial charge in [0.05, 0.1) is 19.3 Å². The molecule has 2 aliphatic rings. The molecule has 8 heteroatoms. The van der Waals surface area contributed by atoms with E-state index >= 15 is 0 Å². The monoisotopic (exact) mass is 523 g/mol. The Morgan fingerprint density at radius 2 is 1.84 bits per heavy atom. The minimum absolute atomic E-state index is 0.365. The first-order valence-electron chi connectivity index (χ1n) is 13.6. The largest absolute Gasteiger partial charge is 0.481 e. The number of ether oxygens (including phenoxy) is 2. The summed E-state index contributed by atoms with van der Waals surface area (Å²) in [6, 6.07) is 9.80. The average molecular weight is 524 g/mol. The van der Waals surface area contributed by atoms with E-state index in [1.165, 1.54) is 29.7 Å². The van der Waals surface area contributed by atoms with E-state index in [-0.39, 0.29) is 12.1 Å². The molecule has 2 N–H and O–H groups in total. The summed E-state index contributed by atoms with van der Waals surface area (Å²) >= 11 is 0. The summed E-state index contributed by atoms with van der Waals surface area (Å²) in [7, 11) is 1.61. The first kappa shape index (κ1) is 27.9. The van der Waals surface area contributed by atoms with Gasteiger partial charge in [0.25, 0.3) is 0 Å². The van der Waals surface area contributed by atoms with Crippen molar-refractivity contribution in [1.29, 1.82) is 0 Å². The zero-order chi connectivity index (χ0) is 27.6. The van der Waals surface area contributed by atoms with Crippen LogP contribution in [0.15, 0.2) is 42.6 Å². The molecular formula is C30H41N3O5. The Labute approximate surface area is 225 Å². The third-order valence-electron chi connectivity index (χ3n) is 7.85. The Morgan fingerprint density at radius 3 is 2.37 bits per heavy atom. The van der Waals surface area contributed by atoms with E-state index in [2.05, 4.69) is 16.4 Å². The number of carbonyl (C=O) groups excluding carboxylic acids is 1. The zero-order valence-electron chi connectivity index (χ0n) is 23.3. The van der Waals surface area contributed by atoms with Crippen molar-refractivity contribution in [3.63, 3.8) is 0 Å². The number of carboxylic acids is 1. The number of nitrogens with zero attached hydrogens (tertiary/aromatic N) is 2. The van der Waals surface area contributed by atoms with Crippen LogP contribution in [-0.4, -0.2) is 52.4 Å². The van der Waals surface area contributed by atoms with Gasteiger partial charge in [0.15, 0.2) is 0 Å². The number of amides is 1. The van der Waals surface area contributed by atoms with Crippen molar-refractivity contribution >= 4 is 12.1 Å². The summed E-state index contributed by atoms with van der Waals surface area (Å²) in [5.74, 6) is -0.371. The van der Waals surface area contributed by atoms with Crippen LogP contribution in [-0.2, 0) is 16.1 Å². The van der Waals surface area contributed by atoms with E-state index in [9.17, 15) is 14.7 Å². The highest BCUT2D eigenvalue weighted by atomic mass is 16.6. The summed E-state index contributed by atoms with van der Waals surface area (Å²) < 4.78 is 11.2. The maximum Gasteiger partial charge on any atom is 0.411 e. The van der Waals surface area contributed by atoms with Crippen molar-refractivity contribution in [2.24, 2.45) is 11.3 Å².